The van der Waals surface area contributed by atoms with Gasteiger partial charge in [-0.25, -0.2) is 12.8 Å². The fourth-order valence-corrected chi connectivity index (χ4v) is 4.53. The zero-order valence-electron chi connectivity index (χ0n) is 14.9. The lowest BCUT2D eigenvalue weighted by Gasteiger charge is -2.36. The van der Waals surface area contributed by atoms with E-state index in [1.54, 1.807) is 24.3 Å². The number of rotatable bonds is 5. The molecule has 1 unspecified atom stereocenters. The van der Waals surface area contributed by atoms with Gasteiger partial charge >= 0.3 is 0 Å². The van der Waals surface area contributed by atoms with Gasteiger partial charge in [-0.05, 0) is 42.0 Å². The topological polar surface area (TPSA) is 73.6 Å². The molecule has 2 aromatic carbocycles. The van der Waals surface area contributed by atoms with E-state index in [1.165, 1.54) is 35.7 Å². The SMILES string of the molecule is COc1ccc(S(=O)(=O)N2CCN(C(C#N)c3ccc(F)cc3)CC2)cc1. The Morgan fingerprint density at radius 1 is 1.04 bits per heavy atom. The fraction of sp³-hybridized carbons (Fsp3) is 0.316. The van der Waals surface area contributed by atoms with Crippen LogP contribution in [0.4, 0.5) is 4.39 Å². The van der Waals surface area contributed by atoms with Crippen molar-refractivity contribution < 1.29 is 17.5 Å². The van der Waals surface area contributed by atoms with E-state index in [1.807, 2.05) is 4.90 Å². The van der Waals surface area contributed by atoms with Crippen LogP contribution in [0.2, 0.25) is 0 Å². The van der Waals surface area contributed by atoms with Gasteiger partial charge in [0.25, 0.3) is 0 Å². The molecule has 27 heavy (non-hydrogen) atoms. The minimum Gasteiger partial charge on any atom is -0.497 e. The number of methoxy groups -OCH3 is 1. The van der Waals surface area contributed by atoms with Gasteiger partial charge in [-0.15, -0.1) is 0 Å². The van der Waals surface area contributed by atoms with Crippen LogP contribution in [0.15, 0.2) is 53.4 Å². The molecule has 0 radical (unpaired) electrons. The first-order chi connectivity index (χ1) is 13.0. The van der Waals surface area contributed by atoms with Gasteiger partial charge in [-0.1, -0.05) is 12.1 Å². The molecule has 3 rings (SSSR count). The lowest BCUT2D eigenvalue weighted by atomic mass is 10.1. The van der Waals surface area contributed by atoms with Crippen molar-refractivity contribution in [1.82, 2.24) is 9.21 Å². The third-order valence-electron chi connectivity index (χ3n) is 4.64. The molecule has 1 atom stereocenters. The second-order valence-corrected chi connectivity index (χ2v) is 8.14. The first-order valence-corrected chi connectivity index (χ1v) is 9.93. The number of ether oxygens (including phenoxy) is 1. The van der Waals surface area contributed by atoms with Crippen molar-refractivity contribution in [1.29, 1.82) is 5.26 Å². The molecular weight excluding hydrogens is 369 g/mol. The van der Waals surface area contributed by atoms with E-state index in [9.17, 15) is 18.1 Å². The lowest BCUT2D eigenvalue weighted by molar-refractivity contribution is 0.162. The zero-order chi connectivity index (χ0) is 19.4. The van der Waals surface area contributed by atoms with Gasteiger partial charge in [-0.3, -0.25) is 4.90 Å². The van der Waals surface area contributed by atoms with Crippen LogP contribution in [0.3, 0.4) is 0 Å². The summed E-state index contributed by atoms with van der Waals surface area (Å²) in [5.41, 5.74) is 0.699. The van der Waals surface area contributed by atoms with Crippen LogP contribution in [0.1, 0.15) is 11.6 Å². The molecule has 0 saturated carbocycles. The number of sulfonamides is 1. The molecule has 1 saturated heterocycles. The fourth-order valence-electron chi connectivity index (χ4n) is 3.11. The summed E-state index contributed by atoms with van der Waals surface area (Å²) in [5.74, 6) is 0.237. The van der Waals surface area contributed by atoms with Gasteiger partial charge in [0.15, 0.2) is 0 Å². The number of hydrogen-bond donors (Lipinski definition) is 0. The molecule has 8 heteroatoms. The van der Waals surface area contributed by atoms with E-state index in [0.29, 0.717) is 24.4 Å². The van der Waals surface area contributed by atoms with Crippen LogP contribution in [-0.2, 0) is 10.0 Å². The molecule has 0 N–H and O–H groups in total. The molecule has 1 heterocycles. The number of benzene rings is 2. The third kappa shape index (κ3) is 4.11. The van der Waals surface area contributed by atoms with Gasteiger partial charge in [-0.2, -0.15) is 9.57 Å². The molecule has 1 aliphatic rings. The molecule has 0 aliphatic carbocycles. The zero-order valence-corrected chi connectivity index (χ0v) is 15.7. The monoisotopic (exact) mass is 389 g/mol. The Balaban J connectivity index is 1.70. The Labute approximate surface area is 158 Å². The van der Waals surface area contributed by atoms with Crippen LogP contribution in [0, 0.1) is 17.1 Å². The smallest absolute Gasteiger partial charge is 0.243 e. The van der Waals surface area contributed by atoms with Gasteiger partial charge in [0, 0.05) is 26.2 Å². The van der Waals surface area contributed by atoms with Crippen LogP contribution in [0.5, 0.6) is 5.75 Å². The normalized spacial score (nSPS) is 17.2. The second kappa shape index (κ2) is 8.05. The van der Waals surface area contributed by atoms with E-state index in [-0.39, 0.29) is 23.8 Å². The van der Waals surface area contributed by atoms with Crippen molar-refractivity contribution in [2.45, 2.75) is 10.9 Å². The standard InChI is InChI=1S/C19H20FN3O3S/c1-26-17-6-8-18(9-7-17)27(24,25)23-12-10-22(11-13-23)19(14-21)15-2-4-16(20)5-3-15/h2-9,19H,10-13H2,1H3. The number of nitriles is 1. The summed E-state index contributed by atoms with van der Waals surface area (Å²) in [6, 6.07) is 13.8. The molecule has 0 aromatic heterocycles. The van der Waals surface area contributed by atoms with Gasteiger partial charge in [0.2, 0.25) is 10.0 Å². The van der Waals surface area contributed by atoms with E-state index >= 15 is 0 Å². The highest BCUT2D eigenvalue weighted by atomic mass is 32.2. The number of piperazine rings is 1. The van der Waals surface area contributed by atoms with Gasteiger partial charge < -0.3 is 4.74 Å². The molecule has 2 aromatic rings. The first-order valence-electron chi connectivity index (χ1n) is 8.49. The predicted molar refractivity (Wildman–Crippen MR) is 98.1 cm³/mol. The van der Waals surface area contributed by atoms with Crippen molar-refractivity contribution >= 4 is 10.0 Å². The quantitative estimate of drug-likeness (QED) is 0.785. The van der Waals surface area contributed by atoms with Crippen LogP contribution in [0.25, 0.3) is 0 Å². The van der Waals surface area contributed by atoms with Crippen LogP contribution in [-0.4, -0.2) is 50.9 Å². The Bertz CT molecular complexity index is 916. The number of halogens is 1. The maximum absolute atomic E-state index is 13.1. The molecule has 1 fully saturated rings. The van der Waals surface area contributed by atoms with E-state index in [4.69, 9.17) is 4.74 Å². The summed E-state index contributed by atoms with van der Waals surface area (Å²) < 4.78 is 45.2. The molecular formula is C19H20FN3O3S. The first kappa shape index (κ1) is 19.3. The number of nitrogens with zero attached hydrogens (tertiary/aromatic N) is 3. The van der Waals surface area contributed by atoms with Gasteiger partial charge in [0.1, 0.15) is 17.6 Å². The highest BCUT2D eigenvalue weighted by Crippen LogP contribution is 2.25. The molecule has 0 spiro atoms. The highest BCUT2D eigenvalue weighted by molar-refractivity contribution is 7.89. The minimum absolute atomic E-state index is 0.215. The Hall–Kier alpha value is -2.47. The van der Waals surface area contributed by atoms with Crippen molar-refractivity contribution in [2.24, 2.45) is 0 Å². The average molecular weight is 389 g/mol. The average Bonchev–Trinajstić information content (AvgIpc) is 2.70. The van der Waals surface area contributed by atoms with Crippen LogP contribution < -0.4 is 4.74 Å². The van der Waals surface area contributed by atoms with Crippen LogP contribution >= 0.6 is 0 Å². The maximum Gasteiger partial charge on any atom is 0.243 e. The summed E-state index contributed by atoms with van der Waals surface area (Å²) in [6.07, 6.45) is 0. The highest BCUT2D eigenvalue weighted by Gasteiger charge is 2.31. The summed E-state index contributed by atoms with van der Waals surface area (Å²) in [5, 5.41) is 9.53. The molecule has 6 nitrogen and oxygen atoms in total. The van der Waals surface area contributed by atoms with Crippen molar-refractivity contribution in [2.75, 3.05) is 33.3 Å². The lowest BCUT2D eigenvalue weighted by Crippen LogP contribution is -2.49. The molecule has 142 valence electrons. The maximum atomic E-state index is 13.1. The third-order valence-corrected chi connectivity index (χ3v) is 6.56. The molecule has 1 aliphatic heterocycles. The van der Waals surface area contributed by atoms with E-state index < -0.39 is 16.1 Å². The second-order valence-electron chi connectivity index (χ2n) is 6.20. The van der Waals surface area contributed by atoms with Crippen molar-refractivity contribution in [3.8, 4) is 11.8 Å². The number of hydrogen-bond acceptors (Lipinski definition) is 5. The predicted octanol–water partition coefficient (Wildman–Crippen LogP) is 2.41. The minimum atomic E-state index is -3.59. The van der Waals surface area contributed by atoms with Crippen molar-refractivity contribution in [3.05, 3.63) is 59.9 Å². The largest absolute Gasteiger partial charge is 0.497 e. The molecule has 0 amide bonds. The summed E-state index contributed by atoms with van der Waals surface area (Å²) in [6.45, 7) is 1.41. The summed E-state index contributed by atoms with van der Waals surface area (Å²) in [7, 11) is -2.07. The van der Waals surface area contributed by atoms with Crippen molar-refractivity contribution in [3.63, 3.8) is 0 Å². The van der Waals surface area contributed by atoms with E-state index in [0.717, 1.165) is 0 Å². The molecule has 0 bridgehead atoms. The summed E-state index contributed by atoms with van der Waals surface area (Å²) >= 11 is 0. The Morgan fingerprint density at radius 2 is 1.63 bits per heavy atom. The summed E-state index contributed by atoms with van der Waals surface area (Å²) in [4.78, 5) is 2.12. The Morgan fingerprint density at radius 3 is 2.15 bits per heavy atom. The van der Waals surface area contributed by atoms with E-state index in [2.05, 4.69) is 6.07 Å². The Kier molecular flexibility index (Phi) is 5.75. The van der Waals surface area contributed by atoms with Gasteiger partial charge in [0.05, 0.1) is 18.1 Å².